The number of amides is 1. The highest BCUT2D eigenvalue weighted by Crippen LogP contribution is 2.21. The lowest BCUT2D eigenvalue weighted by Gasteiger charge is -2.28. The van der Waals surface area contributed by atoms with Gasteiger partial charge in [0.05, 0.1) is 0 Å². The van der Waals surface area contributed by atoms with Crippen LogP contribution in [0.1, 0.15) is 59.2 Å². The molecule has 3 nitrogen and oxygen atoms in total. The van der Waals surface area contributed by atoms with E-state index in [1.165, 1.54) is 47.9 Å². The second-order valence-corrected chi connectivity index (χ2v) is 8.04. The second-order valence-electron chi connectivity index (χ2n) is 8.04. The van der Waals surface area contributed by atoms with E-state index >= 15 is 0 Å². The molecule has 1 aliphatic heterocycles. The summed E-state index contributed by atoms with van der Waals surface area (Å²) < 4.78 is 0. The Labute approximate surface area is 168 Å². The summed E-state index contributed by atoms with van der Waals surface area (Å²) in [4.78, 5) is 14.9. The molecule has 1 amide bonds. The van der Waals surface area contributed by atoms with Crippen LogP contribution in [0.5, 0.6) is 0 Å². The van der Waals surface area contributed by atoms with Crippen LogP contribution in [0.15, 0.2) is 60.2 Å². The molecule has 3 heteroatoms. The van der Waals surface area contributed by atoms with Crippen molar-refractivity contribution in [1.29, 1.82) is 0 Å². The Balaban J connectivity index is 1.26. The van der Waals surface area contributed by atoms with Crippen molar-refractivity contribution in [3.8, 4) is 0 Å². The van der Waals surface area contributed by atoms with Crippen LogP contribution < -0.4 is 5.32 Å². The van der Waals surface area contributed by atoms with Gasteiger partial charge >= 0.3 is 0 Å². The predicted molar refractivity (Wildman–Crippen MR) is 114 cm³/mol. The van der Waals surface area contributed by atoms with Crippen molar-refractivity contribution < 1.29 is 4.79 Å². The molecule has 0 aromatic heterocycles. The fourth-order valence-electron chi connectivity index (χ4n) is 4.28. The number of carbonyl (C=O) groups excluding carboxylic acids is 1. The first-order chi connectivity index (χ1) is 13.8. The summed E-state index contributed by atoms with van der Waals surface area (Å²) in [5.41, 5.74) is 6.45. The number of nitrogens with one attached hydrogen (secondary N) is 1. The van der Waals surface area contributed by atoms with Gasteiger partial charge in [-0.3, -0.25) is 9.69 Å². The lowest BCUT2D eigenvalue weighted by atomic mass is 9.97. The van der Waals surface area contributed by atoms with Gasteiger partial charge in [0.1, 0.15) is 0 Å². The van der Waals surface area contributed by atoms with Crippen LogP contribution in [0.3, 0.4) is 0 Å². The molecule has 28 heavy (non-hydrogen) atoms. The average Bonchev–Trinajstić information content (AvgIpc) is 2.75. The van der Waals surface area contributed by atoms with Crippen molar-refractivity contribution >= 4 is 5.91 Å². The minimum absolute atomic E-state index is 0.0369. The standard InChI is InChI=1S/C25H30N2O/c28-25(26-16-14-20-6-2-1-3-7-20)23-12-10-21(11-13-23)18-27-17-15-22-8-4-5-9-24(22)19-27/h4-6,8-13H,1-3,7,14-19H2,(H,26,28). The van der Waals surface area contributed by atoms with Crippen LogP contribution in [0, 0.1) is 0 Å². The van der Waals surface area contributed by atoms with E-state index in [2.05, 4.69) is 52.7 Å². The molecule has 0 atom stereocenters. The maximum atomic E-state index is 12.4. The SMILES string of the molecule is O=C(NCCC1=CCCCC1)c1ccc(CN2CCc3ccccc3C2)cc1. The Bertz CT molecular complexity index is 838. The molecular formula is C25H30N2O. The molecular weight excluding hydrogens is 344 g/mol. The van der Waals surface area contributed by atoms with Crippen LogP contribution in [-0.2, 0) is 19.5 Å². The average molecular weight is 375 g/mol. The lowest BCUT2D eigenvalue weighted by Crippen LogP contribution is -2.30. The highest BCUT2D eigenvalue weighted by Gasteiger charge is 2.16. The zero-order valence-corrected chi connectivity index (χ0v) is 16.6. The van der Waals surface area contributed by atoms with Crippen LogP contribution in [-0.4, -0.2) is 23.9 Å². The molecule has 1 aliphatic carbocycles. The first-order valence-electron chi connectivity index (χ1n) is 10.6. The maximum absolute atomic E-state index is 12.4. The zero-order valence-electron chi connectivity index (χ0n) is 16.6. The van der Waals surface area contributed by atoms with E-state index in [0.29, 0.717) is 0 Å². The number of hydrogen-bond donors (Lipinski definition) is 1. The Kier molecular flexibility index (Phi) is 6.23. The van der Waals surface area contributed by atoms with Crippen molar-refractivity contribution in [2.75, 3.05) is 13.1 Å². The maximum Gasteiger partial charge on any atom is 0.251 e. The third kappa shape index (κ3) is 4.90. The van der Waals surface area contributed by atoms with E-state index in [-0.39, 0.29) is 5.91 Å². The summed E-state index contributed by atoms with van der Waals surface area (Å²) in [6.45, 7) is 3.77. The fourth-order valence-corrected chi connectivity index (χ4v) is 4.28. The lowest BCUT2D eigenvalue weighted by molar-refractivity contribution is 0.0954. The van der Waals surface area contributed by atoms with E-state index in [4.69, 9.17) is 0 Å². The second kappa shape index (κ2) is 9.20. The molecule has 1 heterocycles. The minimum atomic E-state index is 0.0369. The summed E-state index contributed by atoms with van der Waals surface area (Å²) in [5, 5.41) is 3.07. The third-order valence-electron chi connectivity index (χ3n) is 5.95. The van der Waals surface area contributed by atoms with Gasteiger partial charge in [-0.05, 0) is 67.3 Å². The van der Waals surface area contributed by atoms with E-state index in [9.17, 15) is 4.79 Å². The highest BCUT2D eigenvalue weighted by atomic mass is 16.1. The van der Waals surface area contributed by atoms with Crippen molar-refractivity contribution in [2.45, 2.75) is 51.6 Å². The van der Waals surface area contributed by atoms with Crippen molar-refractivity contribution in [3.05, 3.63) is 82.4 Å². The number of allylic oxidation sites excluding steroid dienone is 1. The number of benzene rings is 2. The first kappa shape index (κ1) is 18.9. The molecule has 0 radical (unpaired) electrons. The van der Waals surface area contributed by atoms with Crippen molar-refractivity contribution in [3.63, 3.8) is 0 Å². The molecule has 0 fully saturated rings. The highest BCUT2D eigenvalue weighted by molar-refractivity contribution is 5.94. The minimum Gasteiger partial charge on any atom is -0.352 e. The Morgan fingerprint density at radius 3 is 2.57 bits per heavy atom. The van der Waals surface area contributed by atoms with Gasteiger partial charge in [0.2, 0.25) is 0 Å². The van der Waals surface area contributed by atoms with Gasteiger partial charge in [-0.2, -0.15) is 0 Å². The van der Waals surface area contributed by atoms with Gasteiger partial charge in [-0.15, -0.1) is 0 Å². The zero-order chi connectivity index (χ0) is 19.2. The normalized spacial score (nSPS) is 16.9. The number of rotatable bonds is 6. The molecule has 0 bridgehead atoms. The predicted octanol–water partition coefficient (Wildman–Crippen LogP) is 4.87. The van der Waals surface area contributed by atoms with Gasteiger partial charge in [0.15, 0.2) is 0 Å². The summed E-state index contributed by atoms with van der Waals surface area (Å²) in [6.07, 6.45) is 9.46. The van der Waals surface area contributed by atoms with Crippen LogP contribution in [0.25, 0.3) is 0 Å². The Hall–Kier alpha value is -2.39. The molecule has 1 N–H and O–H groups in total. The molecule has 2 aromatic rings. The van der Waals surface area contributed by atoms with E-state index < -0.39 is 0 Å². The molecule has 146 valence electrons. The summed E-state index contributed by atoms with van der Waals surface area (Å²) in [6, 6.07) is 16.8. The first-order valence-corrected chi connectivity index (χ1v) is 10.6. The Morgan fingerprint density at radius 1 is 0.964 bits per heavy atom. The van der Waals surface area contributed by atoms with Crippen molar-refractivity contribution in [2.24, 2.45) is 0 Å². The van der Waals surface area contributed by atoms with E-state index in [1.807, 2.05) is 12.1 Å². The summed E-state index contributed by atoms with van der Waals surface area (Å²) >= 11 is 0. The monoisotopic (exact) mass is 374 g/mol. The Morgan fingerprint density at radius 2 is 1.79 bits per heavy atom. The van der Waals surface area contributed by atoms with Gasteiger partial charge in [0, 0.05) is 31.7 Å². The molecule has 4 rings (SSSR count). The largest absolute Gasteiger partial charge is 0.352 e. The summed E-state index contributed by atoms with van der Waals surface area (Å²) in [5.74, 6) is 0.0369. The van der Waals surface area contributed by atoms with Crippen LogP contribution in [0.2, 0.25) is 0 Å². The number of nitrogens with zero attached hydrogens (tertiary/aromatic N) is 1. The molecule has 2 aliphatic rings. The van der Waals surface area contributed by atoms with E-state index in [0.717, 1.165) is 44.6 Å². The third-order valence-corrected chi connectivity index (χ3v) is 5.95. The topological polar surface area (TPSA) is 32.3 Å². The van der Waals surface area contributed by atoms with Gasteiger partial charge in [-0.25, -0.2) is 0 Å². The molecule has 0 spiro atoms. The van der Waals surface area contributed by atoms with Gasteiger partial charge in [-0.1, -0.05) is 48.0 Å². The number of fused-ring (bicyclic) bond motifs is 1. The van der Waals surface area contributed by atoms with Crippen LogP contribution >= 0.6 is 0 Å². The number of carbonyl (C=O) groups is 1. The molecule has 2 aromatic carbocycles. The van der Waals surface area contributed by atoms with Crippen LogP contribution in [0.4, 0.5) is 0 Å². The quantitative estimate of drug-likeness (QED) is 0.732. The fraction of sp³-hybridized carbons (Fsp3) is 0.400. The van der Waals surface area contributed by atoms with Crippen molar-refractivity contribution in [1.82, 2.24) is 10.2 Å². The molecule has 0 saturated heterocycles. The van der Waals surface area contributed by atoms with Gasteiger partial charge < -0.3 is 5.32 Å². The smallest absolute Gasteiger partial charge is 0.251 e. The molecule has 0 unspecified atom stereocenters. The van der Waals surface area contributed by atoms with E-state index in [1.54, 1.807) is 0 Å². The summed E-state index contributed by atoms with van der Waals surface area (Å²) in [7, 11) is 0. The van der Waals surface area contributed by atoms with Gasteiger partial charge in [0.25, 0.3) is 5.91 Å². The number of hydrogen-bond acceptors (Lipinski definition) is 2. The molecule has 0 saturated carbocycles.